The highest BCUT2D eigenvalue weighted by atomic mass is 16.5. The van der Waals surface area contributed by atoms with Crippen LogP contribution in [0.2, 0.25) is 0 Å². The fourth-order valence-electron chi connectivity index (χ4n) is 7.67. The number of nitrogens with zero attached hydrogens (tertiary/aromatic N) is 1. The van der Waals surface area contributed by atoms with Crippen LogP contribution in [0.15, 0.2) is 60.9 Å². The van der Waals surface area contributed by atoms with E-state index in [0.717, 1.165) is 58.8 Å². The molecule has 0 aliphatic carbocycles. The van der Waals surface area contributed by atoms with E-state index >= 15 is 0 Å². The normalized spacial score (nSPS) is 10.8. The van der Waals surface area contributed by atoms with E-state index in [-0.39, 0.29) is 0 Å². The molecule has 1 aromatic heterocycles. The van der Waals surface area contributed by atoms with Crippen molar-refractivity contribution >= 4 is 0 Å². The van der Waals surface area contributed by atoms with Crippen molar-refractivity contribution in [2.75, 3.05) is 19.8 Å². The lowest BCUT2D eigenvalue weighted by molar-refractivity contribution is 0.234. The first-order chi connectivity index (χ1) is 30.2. The van der Waals surface area contributed by atoms with Gasteiger partial charge in [0.2, 0.25) is 5.75 Å². The van der Waals surface area contributed by atoms with E-state index in [1.165, 1.54) is 173 Å². The van der Waals surface area contributed by atoms with Crippen molar-refractivity contribution in [1.82, 2.24) is 4.98 Å². The molecule has 0 unspecified atom stereocenters. The Labute approximate surface area is 375 Å². The van der Waals surface area contributed by atoms with Crippen molar-refractivity contribution in [2.24, 2.45) is 0 Å². The van der Waals surface area contributed by atoms with Gasteiger partial charge in [-0.3, -0.25) is 4.98 Å². The molecule has 2 aromatic carbocycles. The minimum absolute atomic E-state index is 0.668. The van der Waals surface area contributed by atoms with Gasteiger partial charge in [-0.1, -0.05) is 218 Å². The van der Waals surface area contributed by atoms with Crippen LogP contribution in [0.25, 0.3) is 0 Å². The summed E-state index contributed by atoms with van der Waals surface area (Å²) >= 11 is 0. The predicted octanol–water partition coefficient (Wildman–Crippen LogP) is 16.8. The quantitative estimate of drug-likeness (QED) is 0.0432. The average Bonchev–Trinajstić information content (AvgIpc) is 3.29. The summed E-state index contributed by atoms with van der Waals surface area (Å²) in [4.78, 5) is 4.08. The molecule has 0 aliphatic heterocycles. The standard InChI is InChI=1S/C57H85NO3/c1-4-7-10-13-16-19-22-25-28-31-46-59-55-49-54(41-40-52-36-34-51(35-37-52)38-39-53-42-44-58-45-43-53)50-56(60-47-32-29-26-23-20-17-14-11-8-5-2)57(55)61-48-33-30-27-24-21-18-15-12-9-6-3/h34-37,42-45,49-50H,4-33,46-48H2,1-3H3. The van der Waals surface area contributed by atoms with E-state index in [1.54, 1.807) is 12.4 Å². The molecule has 0 atom stereocenters. The molecule has 0 aliphatic rings. The number of benzene rings is 2. The molecule has 0 saturated carbocycles. The Balaban J connectivity index is 1.68. The first-order valence-corrected chi connectivity index (χ1v) is 25.3. The zero-order valence-electron chi connectivity index (χ0n) is 39.3. The molecule has 336 valence electrons. The lowest BCUT2D eigenvalue weighted by Crippen LogP contribution is -2.07. The minimum atomic E-state index is 0.668. The summed E-state index contributed by atoms with van der Waals surface area (Å²) in [5.74, 6) is 15.6. The fraction of sp³-hybridized carbons (Fsp3) is 0.632. The highest BCUT2D eigenvalue weighted by molar-refractivity contribution is 5.58. The SMILES string of the molecule is CCCCCCCCCCCCOc1cc(C#Cc2ccc(C#Cc3ccncc3)cc2)cc(OCCCCCCCCCCCC)c1OCCCCCCCCCCCC. The molecule has 0 fully saturated rings. The lowest BCUT2D eigenvalue weighted by Gasteiger charge is -2.18. The molecule has 4 nitrogen and oxygen atoms in total. The lowest BCUT2D eigenvalue weighted by atomic mass is 10.1. The summed E-state index contributed by atoms with van der Waals surface area (Å²) in [6, 6.07) is 16.1. The molecule has 0 spiro atoms. The van der Waals surface area contributed by atoms with E-state index in [1.807, 2.05) is 36.4 Å². The summed E-state index contributed by atoms with van der Waals surface area (Å²) in [7, 11) is 0. The molecular formula is C57H85NO3. The second-order valence-electron chi connectivity index (χ2n) is 17.2. The number of aromatic nitrogens is 1. The molecule has 0 saturated heterocycles. The van der Waals surface area contributed by atoms with Gasteiger partial charge in [0.05, 0.1) is 19.8 Å². The van der Waals surface area contributed by atoms with Crippen LogP contribution in [0.5, 0.6) is 17.2 Å². The van der Waals surface area contributed by atoms with Gasteiger partial charge >= 0.3 is 0 Å². The number of ether oxygens (including phenoxy) is 3. The highest BCUT2D eigenvalue weighted by Gasteiger charge is 2.16. The van der Waals surface area contributed by atoms with Gasteiger partial charge in [0.25, 0.3) is 0 Å². The maximum atomic E-state index is 6.61. The van der Waals surface area contributed by atoms with Crippen LogP contribution in [-0.4, -0.2) is 24.8 Å². The van der Waals surface area contributed by atoms with E-state index < -0.39 is 0 Å². The van der Waals surface area contributed by atoms with Crippen molar-refractivity contribution in [3.63, 3.8) is 0 Å². The van der Waals surface area contributed by atoms with Crippen molar-refractivity contribution in [1.29, 1.82) is 0 Å². The van der Waals surface area contributed by atoms with Crippen LogP contribution < -0.4 is 14.2 Å². The summed E-state index contributed by atoms with van der Waals surface area (Å²) in [5, 5.41) is 0. The van der Waals surface area contributed by atoms with Crippen molar-refractivity contribution in [2.45, 2.75) is 213 Å². The molecule has 61 heavy (non-hydrogen) atoms. The van der Waals surface area contributed by atoms with Crippen LogP contribution in [0, 0.1) is 23.7 Å². The Morgan fingerprint density at radius 1 is 0.328 bits per heavy atom. The van der Waals surface area contributed by atoms with Crippen LogP contribution >= 0.6 is 0 Å². The maximum absolute atomic E-state index is 6.61. The number of unbranched alkanes of at least 4 members (excludes halogenated alkanes) is 27. The van der Waals surface area contributed by atoms with E-state index in [0.29, 0.717) is 19.8 Å². The van der Waals surface area contributed by atoms with E-state index in [4.69, 9.17) is 14.2 Å². The minimum Gasteiger partial charge on any atom is -0.490 e. The molecule has 1 heterocycles. The summed E-state index contributed by atoms with van der Waals surface area (Å²) < 4.78 is 19.8. The molecular weight excluding hydrogens is 747 g/mol. The first-order valence-electron chi connectivity index (χ1n) is 25.3. The molecule has 0 radical (unpaired) electrons. The van der Waals surface area contributed by atoms with E-state index in [9.17, 15) is 0 Å². The summed E-state index contributed by atoms with van der Waals surface area (Å²) in [6.07, 6.45) is 42.5. The van der Waals surface area contributed by atoms with Crippen LogP contribution in [-0.2, 0) is 0 Å². The summed E-state index contributed by atoms with van der Waals surface area (Å²) in [6.45, 7) is 8.87. The van der Waals surface area contributed by atoms with E-state index in [2.05, 4.69) is 61.6 Å². The molecule has 0 bridgehead atoms. The average molecular weight is 832 g/mol. The Hall–Kier alpha value is -3.89. The fourth-order valence-corrected chi connectivity index (χ4v) is 7.67. The largest absolute Gasteiger partial charge is 0.490 e. The molecule has 3 rings (SSSR count). The number of rotatable bonds is 36. The third-order valence-corrected chi connectivity index (χ3v) is 11.5. The van der Waals surface area contributed by atoms with Gasteiger partial charge in [-0.25, -0.2) is 0 Å². The van der Waals surface area contributed by atoms with Crippen molar-refractivity contribution < 1.29 is 14.2 Å². The predicted molar refractivity (Wildman–Crippen MR) is 261 cm³/mol. The van der Waals surface area contributed by atoms with Crippen LogP contribution in [0.3, 0.4) is 0 Å². The Morgan fingerprint density at radius 3 is 0.951 bits per heavy atom. The van der Waals surface area contributed by atoms with Gasteiger partial charge in [-0.15, -0.1) is 0 Å². The van der Waals surface area contributed by atoms with Gasteiger partial charge in [-0.2, -0.15) is 0 Å². The number of hydrogen-bond acceptors (Lipinski definition) is 4. The molecule has 3 aromatic rings. The highest BCUT2D eigenvalue weighted by Crippen LogP contribution is 2.39. The zero-order valence-corrected chi connectivity index (χ0v) is 39.3. The third-order valence-electron chi connectivity index (χ3n) is 11.5. The van der Waals surface area contributed by atoms with Gasteiger partial charge in [0.15, 0.2) is 11.5 Å². The van der Waals surface area contributed by atoms with Crippen molar-refractivity contribution in [3.05, 3.63) is 83.2 Å². The van der Waals surface area contributed by atoms with Gasteiger partial charge in [0.1, 0.15) is 0 Å². The topological polar surface area (TPSA) is 40.6 Å². The van der Waals surface area contributed by atoms with Gasteiger partial charge in [0, 0.05) is 34.6 Å². The molecule has 0 N–H and O–H groups in total. The van der Waals surface area contributed by atoms with Gasteiger partial charge < -0.3 is 14.2 Å². The monoisotopic (exact) mass is 832 g/mol. The number of hydrogen-bond donors (Lipinski definition) is 0. The van der Waals surface area contributed by atoms with Crippen LogP contribution in [0.1, 0.15) is 236 Å². The second kappa shape index (κ2) is 36.7. The molecule has 0 amide bonds. The molecule has 4 heteroatoms. The zero-order chi connectivity index (χ0) is 43.1. The van der Waals surface area contributed by atoms with Crippen LogP contribution in [0.4, 0.5) is 0 Å². The maximum Gasteiger partial charge on any atom is 0.203 e. The number of pyridine rings is 1. The Morgan fingerprint density at radius 2 is 0.607 bits per heavy atom. The third kappa shape index (κ3) is 26.3. The Bertz CT molecular complexity index is 1560. The van der Waals surface area contributed by atoms with Gasteiger partial charge in [-0.05, 0) is 67.8 Å². The van der Waals surface area contributed by atoms with Crippen molar-refractivity contribution in [3.8, 4) is 40.9 Å². The summed E-state index contributed by atoms with van der Waals surface area (Å²) in [5.41, 5.74) is 3.73. The smallest absolute Gasteiger partial charge is 0.203 e. The second-order valence-corrected chi connectivity index (χ2v) is 17.2. The first kappa shape index (κ1) is 51.5. The Kier molecular flexibility index (Phi) is 31.0.